The molecule has 0 bridgehead atoms. The van der Waals surface area contributed by atoms with Crippen LogP contribution < -0.4 is 42.9 Å². The molecule has 6 heterocycles. The maximum Gasteiger partial charge on any atom is 0.490 e. The number of hydrogen-bond donors (Lipinski definition) is 14. The monoisotopic (exact) mass is 1690 g/mol. The Morgan fingerprint density at radius 1 is 0.761 bits per heavy atom. The van der Waals surface area contributed by atoms with E-state index in [1.165, 1.54) is 70.3 Å². The van der Waals surface area contributed by atoms with E-state index < -0.39 is 148 Å². The number of aliphatic hydroxyl groups is 2. The molecule has 4 aliphatic heterocycles. The highest BCUT2D eigenvalue weighted by Gasteiger charge is 2.46. The van der Waals surface area contributed by atoms with Crippen LogP contribution in [0.15, 0.2) is 116 Å². The predicted molar refractivity (Wildman–Crippen MR) is 394 cm³/mol. The molecule has 6 unspecified atom stereocenters. The molecule has 109 heavy (non-hydrogen) atoms. The van der Waals surface area contributed by atoms with Gasteiger partial charge in [0.25, 0.3) is 20.2 Å². The molecule has 3 amide bonds. The zero-order valence-corrected chi connectivity index (χ0v) is 65.6. The van der Waals surface area contributed by atoms with Crippen molar-refractivity contribution in [2.75, 3.05) is 71.8 Å². The summed E-state index contributed by atoms with van der Waals surface area (Å²) in [5.41, 5.74) is 6.78. The summed E-state index contributed by atoms with van der Waals surface area (Å²) in [6, 6.07) is 8.80. The number of aromatic nitrogens is 4. The van der Waals surface area contributed by atoms with Crippen LogP contribution in [0.3, 0.4) is 0 Å². The number of carbonyl (C=O) groups excluding carboxylic acids is 3. The van der Waals surface area contributed by atoms with Crippen LogP contribution in [-0.2, 0) is 90.8 Å². The number of benzene rings is 2. The zero-order chi connectivity index (χ0) is 80.4. The van der Waals surface area contributed by atoms with Gasteiger partial charge in [0.05, 0.1) is 47.9 Å². The fourth-order valence-corrected chi connectivity index (χ4v) is 18.9. The third-order valence-corrected chi connectivity index (χ3v) is 26.0. The number of allylic oxidation sites excluding steroid dienone is 5. The summed E-state index contributed by atoms with van der Waals surface area (Å²) < 4.78 is 149. The Morgan fingerprint density at radius 3 is 2.01 bits per heavy atom. The minimum Gasteiger partial charge on any atom is -0.449 e. The number of unbranched alkanes of at least 4 members (excludes halogenated alkanes) is 2. The average Bonchev–Trinajstić information content (AvgIpc) is 1.59. The lowest BCUT2D eigenvalue weighted by molar-refractivity contribution is -0.128. The Balaban J connectivity index is 0.860. The van der Waals surface area contributed by atoms with E-state index in [9.17, 15) is 88.2 Å². The molecule has 2 saturated heterocycles. The summed E-state index contributed by atoms with van der Waals surface area (Å²) in [6.45, 7) is 8.86. The van der Waals surface area contributed by atoms with E-state index >= 15 is 0 Å². The first-order valence-electron chi connectivity index (χ1n) is 33.2. The SMILES string of the molecule is CCN1c2ccc(S(=O)(=O)O)cc2C(C)(C)C1/C=C/C=C/C=C1/N(CCCCCC(=O)NC(CSSCCCOC(=O)Nc2ccn([C@H]3CC(O)[C@@H](COP(=O)(O)OP(=O)(O)OP(=O)(O)O)O3)c(=O)n2)C(=O)NC/C=C/c2cn([C@H]3CC(O)[C@@H](COP(=O)(O)O)O3)c(=O)nc2N)c2ccc(S(=O)(=O)O)cc2C1(C)C. The largest absolute Gasteiger partial charge is 0.490 e. The van der Waals surface area contributed by atoms with Crippen LogP contribution in [0, 0.1) is 0 Å². The molecular formula is C61H84N10O30P4S4. The molecule has 48 heteroatoms. The maximum atomic E-state index is 13.9. The number of carbonyl (C=O) groups is 3. The first-order valence-corrected chi connectivity index (χ1v) is 44.6. The molecule has 0 aliphatic carbocycles. The summed E-state index contributed by atoms with van der Waals surface area (Å²) >= 11 is 0. The lowest BCUT2D eigenvalue weighted by Crippen LogP contribution is -2.48. The summed E-state index contributed by atoms with van der Waals surface area (Å²) in [6.07, 6.45) is 7.16. The number of anilines is 4. The number of phosphoric ester groups is 2. The fourth-order valence-electron chi connectivity index (χ4n) is 12.3. The van der Waals surface area contributed by atoms with Crippen molar-refractivity contribution in [2.45, 2.75) is 149 Å². The van der Waals surface area contributed by atoms with Gasteiger partial charge in [0.1, 0.15) is 42.3 Å². The Labute approximate surface area is 632 Å². The second-order valence-electron chi connectivity index (χ2n) is 26.0. The van der Waals surface area contributed by atoms with Crippen molar-refractivity contribution in [1.29, 1.82) is 0 Å². The van der Waals surface area contributed by atoms with Crippen molar-refractivity contribution < 1.29 is 130 Å². The molecule has 0 spiro atoms. The number of amides is 3. The summed E-state index contributed by atoms with van der Waals surface area (Å²) in [4.78, 5) is 132. The molecule has 2 fully saturated rings. The van der Waals surface area contributed by atoms with Gasteiger partial charge in [-0.3, -0.25) is 42.2 Å². The number of phosphoric acid groups is 4. The van der Waals surface area contributed by atoms with E-state index in [4.69, 9.17) is 39.5 Å². The summed E-state index contributed by atoms with van der Waals surface area (Å²) in [7, 11) is -28.5. The summed E-state index contributed by atoms with van der Waals surface area (Å²) in [5.74, 6) is -1.16. The number of likely N-dealkylation sites (N-methyl/N-ethyl adjacent to an activating group) is 1. The van der Waals surface area contributed by atoms with Gasteiger partial charge in [-0.25, -0.2) is 32.6 Å². The number of nitrogens with one attached hydrogen (secondary N) is 3. The molecule has 0 radical (unpaired) electrons. The van der Waals surface area contributed by atoms with E-state index in [2.05, 4.69) is 48.5 Å². The van der Waals surface area contributed by atoms with E-state index in [-0.39, 0.29) is 77.6 Å². The molecule has 602 valence electrons. The molecule has 4 aliphatic rings. The van der Waals surface area contributed by atoms with Crippen LogP contribution in [0.4, 0.5) is 27.8 Å². The summed E-state index contributed by atoms with van der Waals surface area (Å²) in [5, 5.41) is 28.8. The van der Waals surface area contributed by atoms with Gasteiger partial charge in [0.2, 0.25) is 11.8 Å². The quantitative estimate of drug-likeness (QED) is 0.00947. The Bertz CT molecular complexity index is 4710. The van der Waals surface area contributed by atoms with E-state index in [1.807, 2.05) is 69.9 Å². The van der Waals surface area contributed by atoms with Gasteiger partial charge < -0.3 is 80.0 Å². The van der Waals surface area contributed by atoms with Gasteiger partial charge in [-0.05, 0) is 85.9 Å². The van der Waals surface area contributed by atoms with Gasteiger partial charge in [-0.1, -0.05) is 92.2 Å². The molecule has 2 aromatic carbocycles. The highest BCUT2D eigenvalue weighted by Crippen LogP contribution is 2.66. The highest BCUT2D eigenvalue weighted by atomic mass is 33.1. The van der Waals surface area contributed by atoms with Gasteiger partial charge in [0.15, 0.2) is 0 Å². The Kier molecular flexibility index (Phi) is 29.7. The first-order chi connectivity index (χ1) is 50.8. The lowest BCUT2D eigenvalue weighted by atomic mass is 9.80. The van der Waals surface area contributed by atoms with E-state index in [0.29, 0.717) is 49.4 Å². The Morgan fingerprint density at radius 2 is 1.39 bits per heavy atom. The Hall–Kier alpha value is -6.35. The molecule has 8 rings (SSSR count). The number of nitrogens with zero attached hydrogens (tertiary/aromatic N) is 6. The third-order valence-electron chi connectivity index (χ3n) is 17.5. The van der Waals surface area contributed by atoms with Gasteiger partial charge >= 0.3 is 48.8 Å². The number of hydrogen-bond acceptors (Lipinski definition) is 29. The molecule has 15 N–H and O–H groups in total. The van der Waals surface area contributed by atoms with E-state index in [0.717, 1.165) is 32.3 Å². The number of aliphatic hydroxyl groups excluding tert-OH is 2. The normalized spacial score (nSPS) is 22.4. The topological polar surface area (TPSA) is 593 Å². The van der Waals surface area contributed by atoms with Crippen LogP contribution >= 0.6 is 52.9 Å². The molecule has 2 aromatic heterocycles. The van der Waals surface area contributed by atoms with Crippen LogP contribution in [0.25, 0.3) is 6.08 Å². The second kappa shape index (κ2) is 36.6. The minimum absolute atomic E-state index is 0.00844. The average molecular weight is 1690 g/mol. The van der Waals surface area contributed by atoms with Crippen molar-refractivity contribution in [3.63, 3.8) is 0 Å². The number of ether oxygens (including phenoxy) is 3. The molecule has 40 nitrogen and oxygen atoms in total. The van der Waals surface area contributed by atoms with Crippen LogP contribution in [0.5, 0.6) is 0 Å². The highest BCUT2D eigenvalue weighted by molar-refractivity contribution is 8.76. The van der Waals surface area contributed by atoms with Gasteiger partial charge in [-0.2, -0.15) is 35.4 Å². The third kappa shape index (κ3) is 24.3. The maximum absolute atomic E-state index is 13.9. The predicted octanol–water partition coefficient (Wildman–Crippen LogP) is 4.80. The van der Waals surface area contributed by atoms with Gasteiger partial charge in [0, 0.05) is 96.3 Å². The molecule has 10 atom stereocenters. The van der Waals surface area contributed by atoms with Crippen molar-refractivity contribution in [3.05, 3.63) is 135 Å². The molecule has 0 saturated carbocycles. The lowest BCUT2D eigenvalue weighted by Gasteiger charge is -2.31. The van der Waals surface area contributed by atoms with Crippen molar-refractivity contribution >= 4 is 120 Å². The smallest absolute Gasteiger partial charge is 0.449 e. The van der Waals surface area contributed by atoms with E-state index in [1.54, 1.807) is 12.1 Å². The van der Waals surface area contributed by atoms with Gasteiger partial charge in [-0.15, -0.1) is 0 Å². The van der Waals surface area contributed by atoms with Crippen LogP contribution in [-0.4, -0.2) is 190 Å². The standard InChI is InChI=1S/C61H84N10O30P4S4/c1-6-68-43-21-19-38(108(89,90)91)29-40(43)60(2,3)49(68)16-9-7-10-17-50-61(4,5)41-30-39(109(92,93)94)20-22-44(41)69(50)25-12-8-11-18-52(74)64-42(56(75)63-24-13-15-37-33-71(58(77)67-55(37)62)54-32-46(73)47(99-54)34-96-102(79,80)81)36-107-106-28-14-27-95-59(78)66-51-23-26-70(57(76)65-51)53-31-45(72)48(98-53)35-97-104(85,86)101-105(87,88)100-103(82,83)84/h7,9-10,13,15-17,19-23,26,29-30,33,42,45-49,53-54,72-73H,6,8,11-12,14,18,24-25,27-28,31-32,34-36H2,1-5H3,(H,63,75)(H,64,74)(H,85,86)(H,87,88)(H2,62,67,77)(H2,79,80,81)(H2,82,83,84)(H,89,90,91)(H,92,93,94)(H,65,66,76,78)/b10-7+,15-13+,16-9+,50-17+/t42?,45?,46?,47-,48-,49?,53-,54-/m1/s1. The van der Waals surface area contributed by atoms with Crippen molar-refractivity contribution in [1.82, 2.24) is 29.7 Å². The van der Waals surface area contributed by atoms with Crippen LogP contribution in [0.1, 0.15) is 109 Å². The molecule has 4 aromatic rings. The zero-order valence-electron chi connectivity index (χ0n) is 58.8. The number of nitrogen functional groups attached to an aromatic ring is 1. The fraction of sp³-hybridized carbons (Fsp3) is 0.492. The number of rotatable bonds is 37. The minimum atomic E-state index is -5.83. The van der Waals surface area contributed by atoms with Crippen molar-refractivity contribution in [3.8, 4) is 0 Å². The first kappa shape index (κ1) is 88.2. The second-order valence-corrected chi connectivity index (χ2v) is 37.1. The molecular weight excluding hydrogens is 1600 g/mol. The van der Waals surface area contributed by atoms with Crippen LogP contribution in [0.2, 0.25) is 0 Å². The number of nitrogens with two attached hydrogens (primary N) is 1. The van der Waals surface area contributed by atoms with Crippen molar-refractivity contribution in [2.24, 2.45) is 0 Å². The number of fused-ring (bicyclic) bond motifs is 2.